The van der Waals surface area contributed by atoms with Crippen LogP contribution in [0.4, 0.5) is 10.8 Å². The Morgan fingerprint density at radius 2 is 2.35 bits per heavy atom. The number of thioether (sulfide) groups is 1. The highest BCUT2D eigenvalue weighted by Gasteiger charge is 2.27. The minimum atomic E-state index is -0.118. The van der Waals surface area contributed by atoms with E-state index in [4.69, 9.17) is 5.73 Å². The summed E-state index contributed by atoms with van der Waals surface area (Å²) in [7, 11) is 0. The molecule has 0 aliphatic carbocycles. The predicted octanol–water partition coefficient (Wildman–Crippen LogP) is 2.20. The highest BCUT2D eigenvalue weighted by molar-refractivity contribution is 8.00. The summed E-state index contributed by atoms with van der Waals surface area (Å²) in [5.74, 6) is 1.31. The summed E-state index contributed by atoms with van der Waals surface area (Å²) in [6, 6.07) is 0.0925. The fourth-order valence-electron chi connectivity index (χ4n) is 2.21. The van der Waals surface area contributed by atoms with E-state index in [1.807, 2.05) is 25.6 Å². The summed E-state index contributed by atoms with van der Waals surface area (Å²) in [6.45, 7) is 8.00. The molecule has 7 heteroatoms. The predicted molar refractivity (Wildman–Crippen MR) is 87.9 cm³/mol. The van der Waals surface area contributed by atoms with E-state index in [1.165, 1.54) is 11.5 Å². The lowest BCUT2D eigenvalue weighted by Gasteiger charge is -2.32. The molecule has 0 spiro atoms. The van der Waals surface area contributed by atoms with Gasteiger partial charge in [-0.15, -0.1) is 0 Å². The highest BCUT2D eigenvalue weighted by Crippen LogP contribution is 2.34. The number of hydrogen-bond donors (Lipinski definition) is 2. The molecule has 1 aromatic rings. The molecule has 0 radical (unpaired) electrons. The average molecular weight is 314 g/mol. The molecular formula is C13H22N4OS2. The molecule has 1 unspecified atom stereocenters. The second-order valence-corrected chi connectivity index (χ2v) is 7.38. The van der Waals surface area contributed by atoms with Crippen molar-refractivity contribution in [3.05, 3.63) is 5.56 Å². The van der Waals surface area contributed by atoms with Gasteiger partial charge in [0.2, 0.25) is 0 Å². The zero-order valence-electron chi connectivity index (χ0n) is 12.2. The van der Waals surface area contributed by atoms with Crippen molar-refractivity contribution in [2.24, 2.45) is 0 Å². The number of carbonyl (C=O) groups is 1. The van der Waals surface area contributed by atoms with E-state index in [9.17, 15) is 4.79 Å². The van der Waals surface area contributed by atoms with Gasteiger partial charge >= 0.3 is 0 Å². The van der Waals surface area contributed by atoms with Gasteiger partial charge in [-0.05, 0) is 31.8 Å². The topological polar surface area (TPSA) is 71.2 Å². The normalized spacial score (nSPS) is 19.4. The maximum Gasteiger partial charge on any atom is 0.258 e. The van der Waals surface area contributed by atoms with Gasteiger partial charge in [-0.3, -0.25) is 4.79 Å². The van der Waals surface area contributed by atoms with E-state index >= 15 is 0 Å². The molecule has 0 bridgehead atoms. The number of nitrogens with zero attached hydrogens (tertiary/aromatic N) is 2. The summed E-state index contributed by atoms with van der Waals surface area (Å²) in [5.41, 5.74) is 6.45. The zero-order valence-corrected chi connectivity index (χ0v) is 13.8. The lowest BCUT2D eigenvalue weighted by Crippen LogP contribution is -2.39. The third-order valence-corrected chi connectivity index (χ3v) is 5.52. The number of aromatic nitrogens is 1. The number of anilines is 2. The smallest absolute Gasteiger partial charge is 0.258 e. The Morgan fingerprint density at radius 1 is 1.60 bits per heavy atom. The summed E-state index contributed by atoms with van der Waals surface area (Å²) >= 11 is 3.34. The number of amides is 1. The standard InChI is InChI=1S/C13H22N4OS2/c1-4-9-7-17(5-6-19-9)13-10(11(14)16-20-13)12(18)15-8(2)3/h8-9H,4-7H2,1-3H3,(H2,14,16)(H,15,18). The highest BCUT2D eigenvalue weighted by atomic mass is 32.2. The van der Waals surface area contributed by atoms with Crippen molar-refractivity contribution in [1.29, 1.82) is 0 Å². The SMILES string of the molecule is CCC1CN(c2snc(N)c2C(=O)NC(C)C)CCS1. The molecule has 1 saturated heterocycles. The van der Waals surface area contributed by atoms with Crippen LogP contribution in [0.3, 0.4) is 0 Å². The molecule has 2 heterocycles. The van der Waals surface area contributed by atoms with Crippen molar-refractivity contribution in [3.8, 4) is 0 Å². The summed E-state index contributed by atoms with van der Waals surface area (Å²) in [4.78, 5) is 14.6. The first-order valence-corrected chi connectivity index (χ1v) is 8.77. The number of carbonyl (C=O) groups excluding carboxylic acids is 1. The molecule has 0 saturated carbocycles. The van der Waals surface area contributed by atoms with E-state index < -0.39 is 0 Å². The Kier molecular flexibility index (Phi) is 5.15. The molecule has 112 valence electrons. The molecule has 3 N–H and O–H groups in total. The minimum absolute atomic E-state index is 0.0925. The number of hydrogen-bond acceptors (Lipinski definition) is 6. The van der Waals surface area contributed by atoms with Gasteiger partial charge in [-0.1, -0.05) is 6.92 Å². The fraction of sp³-hybridized carbons (Fsp3) is 0.692. The zero-order chi connectivity index (χ0) is 14.7. The van der Waals surface area contributed by atoms with Crippen LogP contribution >= 0.6 is 23.3 Å². The van der Waals surface area contributed by atoms with Crippen molar-refractivity contribution < 1.29 is 4.79 Å². The van der Waals surface area contributed by atoms with Crippen LogP contribution in [-0.2, 0) is 0 Å². The summed E-state index contributed by atoms with van der Waals surface area (Å²) < 4.78 is 4.18. The second-order valence-electron chi connectivity index (χ2n) is 5.22. The lowest BCUT2D eigenvalue weighted by atomic mass is 10.2. The van der Waals surface area contributed by atoms with E-state index in [2.05, 4.69) is 21.5 Å². The van der Waals surface area contributed by atoms with Gasteiger partial charge in [-0.2, -0.15) is 16.1 Å². The van der Waals surface area contributed by atoms with Gasteiger partial charge in [0.05, 0.1) is 0 Å². The average Bonchev–Trinajstić information content (AvgIpc) is 2.80. The van der Waals surface area contributed by atoms with Crippen molar-refractivity contribution in [3.63, 3.8) is 0 Å². The van der Waals surface area contributed by atoms with Crippen molar-refractivity contribution >= 4 is 40.0 Å². The van der Waals surface area contributed by atoms with Gasteiger partial charge in [-0.25, -0.2) is 0 Å². The maximum atomic E-state index is 12.3. The molecule has 1 atom stereocenters. The quantitative estimate of drug-likeness (QED) is 0.891. The molecule has 1 aromatic heterocycles. The molecule has 0 aromatic carbocycles. The van der Waals surface area contributed by atoms with Gasteiger partial charge in [0.1, 0.15) is 10.6 Å². The van der Waals surface area contributed by atoms with Gasteiger partial charge in [0.15, 0.2) is 5.82 Å². The van der Waals surface area contributed by atoms with Crippen LogP contribution in [0, 0.1) is 0 Å². The monoisotopic (exact) mass is 314 g/mol. The molecule has 20 heavy (non-hydrogen) atoms. The maximum absolute atomic E-state index is 12.3. The second kappa shape index (κ2) is 6.67. The lowest BCUT2D eigenvalue weighted by molar-refractivity contribution is 0.0944. The fourth-order valence-corrected chi connectivity index (χ4v) is 4.23. The Labute approximate surface area is 128 Å². The molecule has 1 aliphatic rings. The van der Waals surface area contributed by atoms with E-state index in [0.29, 0.717) is 16.6 Å². The van der Waals surface area contributed by atoms with Crippen LogP contribution in [0.25, 0.3) is 0 Å². The Hall–Kier alpha value is -0.950. The molecule has 1 fully saturated rings. The molecule has 5 nitrogen and oxygen atoms in total. The van der Waals surface area contributed by atoms with Crippen LogP contribution < -0.4 is 16.0 Å². The van der Waals surface area contributed by atoms with Crippen LogP contribution in [0.15, 0.2) is 0 Å². The van der Waals surface area contributed by atoms with Crippen molar-refractivity contribution in [2.75, 3.05) is 29.5 Å². The Balaban J connectivity index is 2.22. The molecule has 1 amide bonds. The largest absolute Gasteiger partial charge is 0.382 e. The number of nitrogens with one attached hydrogen (secondary N) is 1. The first-order valence-electron chi connectivity index (χ1n) is 6.95. The van der Waals surface area contributed by atoms with E-state index in [0.717, 1.165) is 30.3 Å². The molecular weight excluding hydrogens is 292 g/mol. The number of nitrogen functional groups attached to an aromatic ring is 1. The third kappa shape index (κ3) is 3.38. The van der Waals surface area contributed by atoms with Crippen molar-refractivity contribution in [2.45, 2.75) is 38.5 Å². The van der Waals surface area contributed by atoms with Crippen LogP contribution in [0.1, 0.15) is 37.6 Å². The van der Waals surface area contributed by atoms with Crippen molar-refractivity contribution in [1.82, 2.24) is 9.69 Å². The van der Waals surface area contributed by atoms with E-state index in [-0.39, 0.29) is 11.9 Å². The van der Waals surface area contributed by atoms with Gasteiger partial charge in [0.25, 0.3) is 5.91 Å². The summed E-state index contributed by atoms with van der Waals surface area (Å²) in [5, 5.41) is 4.44. The first-order chi connectivity index (χ1) is 9.52. The number of nitrogens with two attached hydrogens (primary N) is 1. The minimum Gasteiger partial charge on any atom is -0.382 e. The summed E-state index contributed by atoms with van der Waals surface area (Å²) in [6.07, 6.45) is 1.14. The molecule has 1 aliphatic heterocycles. The van der Waals surface area contributed by atoms with Gasteiger partial charge in [0, 0.05) is 30.1 Å². The third-order valence-electron chi connectivity index (χ3n) is 3.23. The Morgan fingerprint density at radius 3 is 3.00 bits per heavy atom. The first kappa shape index (κ1) is 15.4. The Bertz CT molecular complexity index is 475. The van der Waals surface area contributed by atoms with Crippen LogP contribution in [-0.4, -0.2) is 40.4 Å². The van der Waals surface area contributed by atoms with Crippen LogP contribution in [0.2, 0.25) is 0 Å². The number of rotatable bonds is 4. The van der Waals surface area contributed by atoms with Gasteiger partial charge < -0.3 is 16.0 Å². The molecule has 2 rings (SSSR count). The van der Waals surface area contributed by atoms with Crippen LogP contribution in [0.5, 0.6) is 0 Å². The van der Waals surface area contributed by atoms with E-state index in [1.54, 1.807) is 0 Å².